The summed E-state index contributed by atoms with van der Waals surface area (Å²) in [5.74, 6) is 0. The second-order valence-electron chi connectivity index (χ2n) is 3.15. The molecule has 0 aliphatic carbocycles. The molecule has 60 valence electrons. The Morgan fingerprint density at radius 1 is 1.17 bits per heavy atom. The number of rotatable bonds is 0. The topological polar surface area (TPSA) is 12.0 Å². The zero-order chi connectivity index (χ0) is 7.97. The Labute approximate surface area is 75.0 Å². The lowest BCUT2D eigenvalue weighted by atomic mass is 10.1. The van der Waals surface area contributed by atoms with Crippen molar-refractivity contribution < 1.29 is 0 Å². The molecule has 12 heavy (non-hydrogen) atoms. The minimum absolute atomic E-state index is 1.04. The lowest BCUT2D eigenvalue weighted by Gasteiger charge is -1.97. The first-order valence-electron chi connectivity index (χ1n) is 4.14. The summed E-state index contributed by atoms with van der Waals surface area (Å²) in [4.78, 5) is 0. The normalized spacial score (nSPS) is 15.3. The molecule has 0 amide bonds. The molecule has 0 radical (unpaired) electrons. The molecule has 3 rings (SSSR count). The Morgan fingerprint density at radius 2 is 2.17 bits per heavy atom. The fourth-order valence-corrected chi connectivity index (χ4v) is 2.78. The van der Waals surface area contributed by atoms with Gasteiger partial charge in [-0.15, -0.1) is 11.3 Å². The molecule has 0 atom stereocenters. The van der Waals surface area contributed by atoms with Crippen molar-refractivity contribution in [3.8, 4) is 0 Å². The van der Waals surface area contributed by atoms with Crippen molar-refractivity contribution in [3.63, 3.8) is 0 Å². The Kier molecular flexibility index (Phi) is 1.28. The van der Waals surface area contributed by atoms with E-state index in [1.165, 1.54) is 21.2 Å². The smallest absolute Gasteiger partial charge is 0.0390 e. The summed E-state index contributed by atoms with van der Waals surface area (Å²) >= 11 is 1.85. The molecule has 2 heterocycles. The third-order valence-corrected chi connectivity index (χ3v) is 3.43. The number of nitrogens with one attached hydrogen (secondary N) is 1. The number of benzene rings is 1. The van der Waals surface area contributed by atoms with Crippen LogP contribution in [0.5, 0.6) is 0 Å². The van der Waals surface area contributed by atoms with Gasteiger partial charge in [0.2, 0.25) is 0 Å². The van der Waals surface area contributed by atoms with Crippen LogP contribution in [-0.2, 0) is 13.1 Å². The Hall–Kier alpha value is -0.860. The van der Waals surface area contributed by atoms with Crippen molar-refractivity contribution in [1.29, 1.82) is 0 Å². The van der Waals surface area contributed by atoms with E-state index in [1.807, 2.05) is 11.3 Å². The quantitative estimate of drug-likeness (QED) is 0.648. The molecule has 0 unspecified atom stereocenters. The highest BCUT2D eigenvalue weighted by molar-refractivity contribution is 7.17. The fourth-order valence-electron chi connectivity index (χ4n) is 1.81. The number of fused-ring (bicyclic) bond motifs is 3. The van der Waals surface area contributed by atoms with Crippen molar-refractivity contribution in [3.05, 3.63) is 34.7 Å². The van der Waals surface area contributed by atoms with Crippen LogP contribution in [0.15, 0.2) is 23.6 Å². The van der Waals surface area contributed by atoms with Gasteiger partial charge >= 0.3 is 0 Å². The van der Waals surface area contributed by atoms with Gasteiger partial charge in [0.05, 0.1) is 0 Å². The van der Waals surface area contributed by atoms with Gasteiger partial charge in [-0.2, -0.15) is 0 Å². The molecule has 1 aromatic heterocycles. The minimum atomic E-state index is 1.04. The van der Waals surface area contributed by atoms with Gasteiger partial charge in [0.25, 0.3) is 0 Å². The molecule has 0 saturated carbocycles. The highest BCUT2D eigenvalue weighted by Gasteiger charge is 2.12. The van der Waals surface area contributed by atoms with Crippen LogP contribution >= 0.6 is 11.3 Å². The van der Waals surface area contributed by atoms with Crippen molar-refractivity contribution in [2.45, 2.75) is 13.1 Å². The van der Waals surface area contributed by atoms with Gasteiger partial charge in [-0.25, -0.2) is 0 Å². The van der Waals surface area contributed by atoms with E-state index in [9.17, 15) is 0 Å². The Balaban J connectivity index is 2.46. The van der Waals surface area contributed by atoms with Gasteiger partial charge in [-0.1, -0.05) is 12.1 Å². The molecule has 2 heteroatoms. The van der Waals surface area contributed by atoms with Gasteiger partial charge in [0.1, 0.15) is 0 Å². The lowest BCUT2D eigenvalue weighted by Crippen LogP contribution is -1.99. The number of hydrogen-bond donors (Lipinski definition) is 1. The summed E-state index contributed by atoms with van der Waals surface area (Å²) < 4.78 is 1.47. The monoisotopic (exact) mass is 175 g/mol. The van der Waals surface area contributed by atoms with Gasteiger partial charge in [0.15, 0.2) is 0 Å². The molecule has 0 saturated heterocycles. The molecule has 2 aromatic rings. The molecule has 1 aliphatic heterocycles. The second-order valence-corrected chi connectivity index (χ2v) is 4.06. The lowest BCUT2D eigenvalue weighted by molar-refractivity contribution is 0.766. The first-order chi connectivity index (χ1) is 5.95. The number of thiophene rings is 1. The van der Waals surface area contributed by atoms with Crippen LogP contribution in [0.2, 0.25) is 0 Å². The minimum Gasteiger partial charge on any atom is -0.309 e. The van der Waals surface area contributed by atoms with Gasteiger partial charge in [-0.05, 0) is 28.0 Å². The molecule has 0 spiro atoms. The van der Waals surface area contributed by atoms with Crippen LogP contribution in [0.4, 0.5) is 0 Å². The first-order valence-corrected chi connectivity index (χ1v) is 5.02. The Bertz CT molecular complexity index is 430. The molecule has 0 fully saturated rings. The largest absolute Gasteiger partial charge is 0.309 e. The molecule has 0 bridgehead atoms. The van der Waals surface area contributed by atoms with Crippen molar-refractivity contribution in [2.24, 2.45) is 0 Å². The van der Waals surface area contributed by atoms with E-state index in [1.54, 1.807) is 0 Å². The van der Waals surface area contributed by atoms with Crippen molar-refractivity contribution in [1.82, 2.24) is 5.32 Å². The predicted molar refractivity (Wildman–Crippen MR) is 52.4 cm³/mol. The third-order valence-electron chi connectivity index (χ3n) is 2.44. The summed E-state index contributed by atoms with van der Waals surface area (Å²) in [6.07, 6.45) is 0. The van der Waals surface area contributed by atoms with Crippen LogP contribution in [0.1, 0.15) is 11.1 Å². The van der Waals surface area contributed by atoms with E-state index in [0.717, 1.165) is 13.1 Å². The summed E-state index contributed by atoms with van der Waals surface area (Å²) in [5, 5.41) is 6.94. The average Bonchev–Trinajstić information content (AvgIpc) is 2.71. The van der Waals surface area contributed by atoms with E-state index >= 15 is 0 Å². The zero-order valence-corrected chi connectivity index (χ0v) is 7.45. The standard InChI is InChI=1S/C10H9NS/c1-2-8-5-11-6-9(8)10-7(1)3-4-12-10/h1-4,11H,5-6H2. The van der Waals surface area contributed by atoms with E-state index < -0.39 is 0 Å². The average molecular weight is 175 g/mol. The highest BCUT2D eigenvalue weighted by atomic mass is 32.1. The van der Waals surface area contributed by atoms with Crippen LogP contribution in [0.3, 0.4) is 0 Å². The van der Waals surface area contributed by atoms with Gasteiger partial charge in [0, 0.05) is 17.8 Å². The van der Waals surface area contributed by atoms with Gasteiger partial charge in [-0.3, -0.25) is 0 Å². The summed E-state index contributed by atoms with van der Waals surface area (Å²) in [6, 6.07) is 6.65. The molecular weight excluding hydrogens is 166 g/mol. The molecule has 1 aromatic carbocycles. The van der Waals surface area contributed by atoms with E-state index in [2.05, 4.69) is 28.9 Å². The summed E-state index contributed by atoms with van der Waals surface area (Å²) in [6.45, 7) is 2.09. The molecular formula is C10H9NS. The first kappa shape index (κ1) is 6.63. The Morgan fingerprint density at radius 3 is 3.17 bits per heavy atom. The van der Waals surface area contributed by atoms with E-state index in [-0.39, 0.29) is 0 Å². The molecule has 1 N–H and O–H groups in total. The van der Waals surface area contributed by atoms with Crippen LogP contribution in [-0.4, -0.2) is 0 Å². The summed E-state index contributed by atoms with van der Waals surface area (Å²) in [5.41, 5.74) is 2.99. The maximum atomic E-state index is 3.38. The zero-order valence-electron chi connectivity index (χ0n) is 6.63. The maximum absolute atomic E-state index is 3.38. The SMILES string of the molecule is c1cc2ccc3c(c2s1)CNC3. The van der Waals surface area contributed by atoms with Crippen LogP contribution in [0.25, 0.3) is 10.1 Å². The van der Waals surface area contributed by atoms with E-state index in [0.29, 0.717) is 0 Å². The maximum Gasteiger partial charge on any atom is 0.0390 e. The number of hydrogen-bond acceptors (Lipinski definition) is 2. The van der Waals surface area contributed by atoms with E-state index in [4.69, 9.17) is 0 Å². The highest BCUT2D eigenvalue weighted by Crippen LogP contribution is 2.29. The van der Waals surface area contributed by atoms with Crippen LogP contribution in [0, 0.1) is 0 Å². The van der Waals surface area contributed by atoms with Gasteiger partial charge < -0.3 is 5.32 Å². The third kappa shape index (κ3) is 0.765. The summed E-state index contributed by atoms with van der Waals surface area (Å²) in [7, 11) is 0. The predicted octanol–water partition coefficient (Wildman–Crippen LogP) is 2.50. The second kappa shape index (κ2) is 2.31. The van der Waals surface area contributed by atoms with Crippen molar-refractivity contribution in [2.75, 3.05) is 0 Å². The molecule has 1 aliphatic rings. The molecule has 1 nitrogen and oxygen atoms in total. The van der Waals surface area contributed by atoms with Crippen LogP contribution < -0.4 is 5.32 Å². The van der Waals surface area contributed by atoms with Crippen molar-refractivity contribution >= 4 is 21.4 Å². The fraction of sp³-hybridized carbons (Fsp3) is 0.200.